The number of methoxy groups -OCH3 is 1. The Hall–Kier alpha value is -1.88. The van der Waals surface area contributed by atoms with Gasteiger partial charge in [0, 0.05) is 19.2 Å². The predicted octanol–water partition coefficient (Wildman–Crippen LogP) is 0.651. The topological polar surface area (TPSA) is 58.6 Å². The summed E-state index contributed by atoms with van der Waals surface area (Å²) in [5, 5.41) is 2.56. The summed E-state index contributed by atoms with van der Waals surface area (Å²) < 4.78 is 4.59. The molecule has 0 fully saturated rings. The maximum absolute atomic E-state index is 11.3. The summed E-state index contributed by atoms with van der Waals surface area (Å²) in [6.07, 6.45) is 0. The van der Waals surface area contributed by atoms with Gasteiger partial charge in [-0.2, -0.15) is 0 Å². The Balaban J connectivity index is 2.58. The summed E-state index contributed by atoms with van der Waals surface area (Å²) in [5.41, 5.74) is 1.66. The van der Waals surface area contributed by atoms with Crippen molar-refractivity contribution >= 4 is 11.9 Å². The van der Waals surface area contributed by atoms with Crippen LogP contribution < -0.4 is 5.32 Å². The SMILES string of the molecule is CNC(=O)c1ccc(CN(C)CC(=O)OC)cc1. The molecule has 0 saturated carbocycles. The Morgan fingerprint density at radius 3 is 2.39 bits per heavy atom. The van der Waals surface area contributed by atoms with Crippen LogP contribution in [0.15, 0.2) is 24.3 Å². The molecular weight excluding hydrogens is 232 g/mol. The second kappa shape index (κ2) is 6.76. The molecule has 1 N–H and O–H groups in total. The second-order valence-electron chi connectivity index (χ2n) is 4.02. The standard InChI is InChI=1S/C13H18N2O3/c1-14-13(17)11-6-4-10(5-7-11)8-15(2)9-12(16)18-3/h4-7H,8-9H2,1-3H3,(H,14,17). The van der Waals surface area contributed by atoms with Crippen molar-refractivity contribution in [1.29, 1.82) is 0 Å². The Morgan fingerprint density at radius 1 is 1.28 bits per heavy atom. The van der Waals surface area contributed by atoms with Crippen molar-refractivity contribution in [2.24, 2.45) is 0 Å². The number of benzene rings is 1. The molecule has 0 aromatic heterocycles. The fraction of sp³-hybridized carbons (Fsp3) is 0.385. The molecule has 5 heteroatoms. The van der Waals surface area contributed by atoms with E-state index in [9.17, 15) is 9.59 Å². The highest BCUT2D eigenvalue weighted by Crippen LogP contribution is 2.06. The van der Waals surface area contributed by atoms with E-state index in [0.717, 1.165) is 5.56 Å². The molecular formula is C13H18N2O3. The van der Waals surface area contributed by atoms with Crippen LogP contribution in [0.25, 0.3) is 0 Å². The fourth-order valence-electron chi connectivity index (χ4n) is 1.56. The predicted molar refractivity (Wildman–Crippen MR) is 68.2 cm³/mol. The Morgan fingerprint density at radius 2 is 1.89 bits per heavy atom. The molecule has 5 nitrogen and oxygen atoms in total. The first-order chi connectivity index (χ1) is 8.56. The fourth-order valence-corrected chi connectivity index (χ4v) is 1.56. The Labute approximate surface area is 107 Å². The highest BCUT2D eigenvalue weighted by Gasteiger charge is 2.07. The number of nitrogens with zero attached hydrogens (tertiary/aromatic N) is 1. The van der Waals surface area contributed by atoms with Crippen LogP contribution in [-0.4, -0.2) is 44.5 Å². The number of amides is 1. The van der Waals surface area contributed by atoms with Gasteiger partial charge < -0.3 is 10.1 Å². The van der Waals surface area contributed by atoms with Crippen molar-refractivity contribution in [1.82, 2.24) is 10.2 Å². The number of carbonyl (C=O) groups is 2. The number of ether oxygens (including phenoxy) is 1. The van der Waals surface area contributed by atoms with Gasteiger partial charge in [-0.3, -0.25) is 14.5 Å². The molecule has 98 valence electrons. The third-order valence-corrected chi connectivity index (χ3v) is 2.52. The normalized spacial score (nSPS) is 10.2. The zero-order valence-corrected chi connectivity index (χ0v) is 10.9. The summed E-state index contributed by atoms with van der Waals surface area (Å²) in [4.78, 5) is 24.3. The smallest absolute Gasteiger partial charge is 0.319 e. The zero-order chi connectivity index (χ0) is 13.5. The summed E-state index contributed by atoms with van der Waals surface area (Å²) in [6.45, 7) is 0.872. The maximum Gasteiger partial charge on any atom is 0.319 e. The van der Waals surface area contributed by atoms with E-state index in [0.29, 0.717) is 12.1 Å². The number of nitrogens with one attached hydrogen (secondary N) is 1. The monoisotopic (exact) mass is 250 g/mol. The molecule has 0 bridgehead atoms. The molecule has 1 aromatic carbocycles. The van der Waals surface area contributed by atoms with Crippen LogP contribution >= 0.6 is 0 Å². The molecule has 0 aliphatic heterocycles. The molecule has 0 heterocycles. The third-order valence-electron chi connectivity index (χ3n) is 2.52. The average molecular weight is 250 g/mol. The van der Waals surface area contributed by atoms with Crippen LogP contribution in [0.2, 0.25) is 0 Å². The van der Waals surface area contributed by atoms with Gasteiger partial charge in [-0.15, -0.1) is 0 Å². The first-order valence-corrected chi connectivity index (χ1v) is 5.63. The molecule has 0 spiro atoms. The Bertz CT molecular complexity index is 415. The minimum absolute atomic E-state index is 0.107. The van der Waals surface area contributed by atoms with Crippen LogP contribution in [0.5, 0.6) is 0 Å². The van der Waals surface area contributed by atoms with Gasteiger partial charge in [0.15, 0.2) is 0 Å². The lowest BCUT2D eigenvalue weighted by molar-refractivity contribution is -0.141. The van der Waals surface area contributed by atoms with E-state index in [-0.39, 0.29) is 18.4 Å². The quantitative estimate of drug-likeness (QED) is 0.780. The van der Waals surface area contributed by atoms with E-state index >= 15 is 0 Å². The minimum atomic E-state index is -0.264. The lowest BCUT2D eigenvalue weighted by Gasteiger charge is -2.15. The molecule has 0 atom stereocenters. The van der Waals surface area contributed by atoms with Gasteiger partial charge in [0.2, 0.25) is 0 Å². The zero-order valence-electron chi connectivity index (χ0n) is 10.9. The van der Waals surface area contributed by atoms with Crippen LogP contribution in [0.3, 0.4) is 0 Å². The van der Waals surface area contributed by atoms with Crippen LogP contribution in [0.4, 0.5) is 0 Å². The average Bonchev–Trinajstić information content (AvgIpc) is 2.38. The second-order valence-corrected chi connectivity index (χ2v) is 4.02. The molecule has 0 saturated heterocycles. The van der Waals surface area contributed by atoms with E-state index in [4.69, 9.17) is 0 Å². The molecule has 1 rings (SSSR count). The first-order valence-electron chi connectivity index (χ1n) is 5.63. The van der Waals surface area contributed by atoms with E-state index in [1.165, 1.54) is 7.11 Å². The van der Waals surface area contributed by atoms with Crippen molar-refractivity contribution in [3.05, 3.63) is 35.4 Å². The summed E-state index contributed by atoms with van der Waals surface area (Å²) >= 11 is 0. The number of hydrogen-bond donors (Lipinski definition) is 1. The number of hydrogen-bond acceptors (Lipinski definition) is 4. The van der Waals surface area contributed by atoms with Crippen molar-refractivity contribution in [3.63, 3.8) is 0 Å². The maximum atomic E-state index is 11.3. The van der Waals surface area contributed by atoms with Crippen molar-refractivity contribution in [3.8, 4) is 0 Å². The summed E-state index contributed by atoms with van der Waals surface area (Å²) in [5.74, 6) is -0.371. The first kappa shape index (κ1) is 14.2. The lowest BCUT2D eigenvalue weighted by Crippen LogP contribution is -2.26. The largest absolute Gasteiger partial charge is 0.468 e. The van der Waals surface area contributed by atoms with Gasteiger partial charge in [0.1, 0.15) is 0 Å². The van der Waals surface area contributed by atoms with Gasteiger partial charge in [-0.1, -0.05) is 12.1 Å². The molecule has 18 heavy (non-hydrogen) atoms. The van der Waals surface area contributed by atoms with E-state index < -0.39 is 0 Å². The summed E-state index contributed by atoms with van der Waals surface area (Å²) in [7, 11) is 4.80. The number of likely N-dealkylation sites (N-methyl/N-ethyl adjacent to an activating group) is 1. The third kappa shape index (κ3) is 4.18. The summed E-state index contributed by atoms with van der Waals surface area (Å²) in [6, 6.07) is 7.27. The van der Waals surface area contributed by atoms with Gasteiger partial charge in [0.25, 0.3) is 5.91 Å². The van der Waals surface area contributed by atoms with Crippen molar-refractivity contribution < 1.29 is 14.3 Å². The van der Waals surface area contributed by atoms with Crippen LogP contribution in [0.1, 0.15) is 15.9 Å². The molecule has 0 radical (unpaired) electrons. The number of esters is 1. The molecule has 0 aliphatic carbocycles. The van der Waals surface area contributed by atoms with Gasteiger partial charge in [-0.25, -0.2) is 0 Å². The minimum Gasteiger partial charge on any atom is -0.468 e. The van der Waals surface area contributed by atoms with Crippen LogP contribution in [0, 0.1) is 0 Å². The number of rotatable bonds is 5. The molecule has 1 aromatic rings. The molecule has 1 amide bonds. The van der Waals surface area contributed by atoms with E-state index in [2.05, 4.69) is 10.1 Å². The van der Waals surface area contributed by atoms with E-state index in [1.54, 1.807) is 19.2 Å². The molecule has 0 unspecified atom stereocenters. The van der Waals surface area contributed by atoms with E-state index in [1.807, 2.05) is 24.1 Å². The highest BCUT2D eigenvalue weighted by atomic mass is 16.5. The lowest BCUT2D eigenvalue weighted by atomic mass is 10.1. The van der Waals surface area contributed by atoms with Crippen molar-refractivity contribution in [2.45, 2.75) is 6.54 Å². The van der Waals surface area contributed by atoms with Gasteiger partial charge >= 0.3 is 5.97 Å². The molecule has 0 aliphatic rings. The van der Waals surface area contributed by atoms with Gasteiger partial charge in [0.05, 0.1) is 13.7 Å². The number of carbonyl (C=O) groups excluding carboxylic acids is 2. The van der Waals surface area contributed by atoms with Crippen LogP contribution in [-0.2, 0) is 16.1 Å². The Kier molecular flexibility index (Phi) is 5.32. The van der Waals surface area contributed by atoms with Gasteiger partial charge in [-0.05, 0) is 24.7 Å². The highest BCUT2D eigenvalue weighted by molar-refractivity contribution is 5.93. The van der Waals surface area contributed by atoms with Crippen molar-refractivity contribution in [2.75, 3.05) is 27.7 Å².